The van der Waals surface area contributed by atoms with Crippen LogP contribution in [-0.4, -0.2) is 11.7 Å². The summed E-state index contributed by atoms with van der Waals surface area (Å²) in [5.41, 5.74) is -0.850. The van der Waals surface area contributed by atoms with Crippen LogP contribution in [0.3, 0.4) is 0 Å². The fourth-order valence-electron chi connectivity index (χ4n) is 1.07. The summed E-state index contributed by atoms with van der Waals surface area (Å²) in [5.74, 6) is 4.87. The van der Waals surface area contributed by atoms with Gasteiger partial charge in [0.1, 0.15) is 0 Å². The van der Waals surface area contributed by atoms with E-state index in [1.165, 1.54) is 12.1 Å². The maximum absolute atomic E-state index is 12.6. The van der Waals surface area contributed by atoms with E-state index in [0.717, 1.165) is 6.07 Å². The molecule has 0 saturated heterocycles. The van der Waals surface area contributed by atoms with Crippen molar-refractivity contribution >= 4 is 15.9 Å². The number of halogens is 4. The number of rotatable bonds is 1. The molecule has 0 saturated carbocycles. The Morgan fingerprint density at radius 1 is 1.31 bits per heavy atom. The maximum atomic E-state index is 12.6. The van der Waals surface area contributed by atoms with Crippen molar-refractivity contribution in [3.63, 3.8) is 0 Å². The van der Waals surface area contributed by atoms with E-state index in [2.05, 4.69) is 27.8 Å². The molecule has 5 heteroatoms. The Morgan fingerprint density at radius 2 is 2.00 bits per heavy atom. The van der Waals surface area contributed by atoms with Gasteiger partial charge >= 0.3 is 6.18 Å². The Kier molecular flexibility index (Phi) is 4.39. The van der Waals surface area contributed by atoms with Gasteiger partial charge in [-0.2, -0.15) is 13.2 Å². The molecular weight excluding hydrogens is 285 g/mol. The third-order valence-electron chi connectivity index (χ3n) is 1.75. The molecule has 0 unspecified atom stereocenters. The zero-order valence-electron chi connectivity index (χ0n) is 8.11. The minimum Gasteiger partial charge on any atom is -0.395 e. The highest BCUT2D eigenvalue weighted by molar-refractivity contribution is 9.10. The minimum atomic E-state index is -4.42. The van der Waals surface area contributed by atoms with Crippen LogP contribution in [0.1, 0.15) is 17.5 Å². The molecule has 1 aromatic rings. The highest BCUT2D eigenvalue weighted by Crippen LogP contribution is 2.33. The van der Waals surface area contributed by atoms with Crippen molar-refractivity contribution in [2.45, 2.75) is 12.6 Å². The lowest BCUT2D eigenvalue weighted by Gasteiger charge is -2.09. The predicted molar refractivity (Wildman–Crippen MR) is 57.7 cm³/mol. The maximum Gasteiger partial charge on any atom is 0.417 e. The van der Waals surface area contributed by atoms with Gasteiger partial charge in [0, 0.05) is 16.5 Å². The van der Waals surface area contributed by atoms with Gasteiger partial charge in [0.05, 0.1) is 12.2 Å². The van der Waals surface area contributed by atoms with E-state index < -0.39 is 11.7 Å². The van der Waals surface area contributed by atoms with Crippen LogP contribution in [0, 0.1) is 11.8 Å². The van der Waals surface area contributed by atoms with Crippen molar-refractivity contribution in [3.05, 3.63) is 33.8 Å². The molecule has 0 aliphatic rings. The monoisotopic (exact) mass is 292 g/mol. The van der Waals surface area contributed by atoms with Gasteiger partial charge in [0.25, 0.3) is 0 Å². The van der Waals surface area contributed by atoms with Crippen molar-refractivity contribution in [2.24, 2.45) is 0 Å². The molecule has 0 amide bonds. The summed E-state index contributed by atoms with van der Waals surface area (Å²) >= 11 is 2.98. The molecule has 0 spiro atoms. The second-order valence-electron chi connectivity index (χ2n) is 2.96. The first-order chi connectivity index (χ1) is 7.45. The van der Waals surface area contributed by atoms with E-state index in [1.807, 2.05) is 0 Å². The Morgan fingerprint density at radius 3 is 2.56 bits per heavy atom. The van der Waals surface area contributed by atoms with Crippen molar-refractivity contribution in [2.75, 3.05) is 6.61 Å². The highest BCUT2D eigenvalue weighted by atomic mass is 79.9. The molecule has 1 rings (SSSR count). The van der Waals surface area contributed by atoms with Crippen LogP contribution in [0.15, 0.2) is 22.7 Å². The zero-order valence-corrected chi connectivity index (χ0v) is 9.69. The predicted octanol–water partition coefficient (Wildman–Crippen LogP) is 3.20. The molecule has 86 valence electrons. The van der Waals surface area contributed by atoms with Crippen LogP contribution < -0.4 is 0 Å². The molecule has 0 heterocycles. The average Bonchev–Trinajstić information content (AvgIpc) is 2.19. The van der Waals surface area contributed by atoms with E-state index >= 15 is 0 Å². The zero-order chi connectivity index (χ0) is 12.2. The van der Waals surface area contributed by atoms with Crippen molar-refractivity contribution < 1.29 is 18.3 Å². The van der Waals surface area contributed by atoms with Gasteiger partial charge in [0.2, 0.25) is 0 Å². The Balaban J connectivity index is 3.15. The Labute approximate surface area is 99.4 Å². The topological polar surface area (TPSA) is 20.2 Å². The summed E-state index contributed by atoms with van der Waals surface area (Å²) in [7, 11) is 0. The lowest BCUT2D eigenvalue weighted by molar-refractivity contribution is -0.137. The normalized spacial score (nSPS) is 10.8. The number of aliphatic hydroxyl groups excluding tert-OH is 1. The molecule has 0 fully saturated rings. The molecule has 0 aliphatic heterocycles. The first-order valence-electron chi connectivity index (χ1n) is 4.41. The van der Waals surface area contributed by atoms with Crippen LogP contribution in [0.25, 0.3) is 0 Å². The lowest BCUT2D eigenvalue weighted by Crippen LogP contribution is -2.07. The van der Waals surface area contributed by atoms with E-state index in [0.29, 0.717) is 4.47 Å². The fourth-order valence-corrected chi connectivity index (χ4v) is 1.43. The van der Waals surface area contributed by atoms with Gasteiger partial charge in [-0.05, 0) is 18.2 Å². The SMILES string of the molecule is OCCC#Cc1ccc(Br)cc1C(F)(F)F. The van der Waals surface area contributed by atoms with E-state index in [1.54, 1.807) is 0 Å². The molecule has 1 nitrogen and oxygen atoms in total. The number of alkyl halides is 3. The van der Waals surface area contributed by atoms with Crippen LogP contribution in [-0.2, 0) is 6.18 Å². The van der Waals surface area contributed by atoms with Crippen molar-refractivity contribution in [1.29, 1.82) is 0 Å². The van der Waals surface area contributed by atoms with Crippen molar-refractivity contribution in [3.8, 4) is 11.8 Å². The van der Waals surface area contributed by atoms with Crippen LogP contribution in [0.5, 0.6) is 0 Å². The van der Waals surface area contributed by atoms with Gasteiger partial charge in [-0.3, -0.25) is 0 Å². The largest absolute Gasteiger partial charge is 0.417 e. The second kappa shape index (κ2) is 5.37. The lowest BCUT2D eigenvalue weighted by atomic mass is 10.1. The van der Waals surface area contributed by atoms with Gasteiger partial charge in [0.15, 0.2) is 0 Å². The molecular formula is C11H8BrF3O. The molecule has 1 N–H and O–H groups in total. The standard InChI is InChI=1S/C11H8BrF3O/c12-9-5-4-8(3-1-2-6-16)10(7-9)11(13,14)15/h4-5,7,16H,2,6H2. The number of hydrogen-bond acceptors (Lipinski definition) is 1. The van der Waals surface area contributed by atoms with Crippen LogP contribution in [0.4, 0.5) is 13.2 Å². The summed E-state index contributed by atoms with van der Waals surface area (Å²) in [6, 6.07) is 3.79. The van der Waals surface area contributed by atoms with E-state index in [-0.39, 0.29) is 18.6 Å². The third kappa shape index (κ3) is 3.54. The fraction of sp³-hybridized carbons (Fsp3) is 0.273. The van der Waals surface area contributed by atoms with Crippen molar-refractivity contribution in [1.82, 2.24) is 0 Å². The second-order valence-corrected chi connectivity index (χ2v) is 3.88. The Bertz CT molecular complexity index is 429. The molecule has 1 aromatic carbocycles. The molecule has 16 heavy (non-hydrogen) atoms. The average molecular weight is 293 g/mol. The number of benzene rings is 1. The molecule has 0 bridgehead atoms. The van der Waals surface area contributed by atoms with Crippen LogP contribution in [0.2, 0.25) is 0 Å². The minimum absolute atomic E-state index is 0.0795. The summed E-state index contributed by atoms with van der Waals surface area (Å²) in [6.45, 7) is -0.162. The Hall–Kier alpha value is -0.990. The summed E-state index contributed by atoms with van der Waals surface area (Å²) in [5, 5.41) is 8.49. The number of hydrogen-bond donors (Lipinski definition) is 1. The molecule has 0 atom stereocenters. The van der Waals surface area contributed by atoms with Gasteiger partial charge in [-0.15, -0.1) is 0 Å². The van der Waals surface area contributed by atoms with Crippen LogP contribution >= 0.6 is 15.9 Å². The number of aliphatic hydroxyl groups is 1. The molecule has 0 aliphatic carbocycles. The first-order valence-corrected chi connectivity index (χ1v) is 5.21. The summed E-state index contributed by atoms with van der Waals surface area (Å²) in [6.07, 6.45) is -4.26. The molecule has 0 aromatic heterocycles. The smallest absolute Gasteiger partial charge is 0.395 e. The quantitative estimate of drug-likeness (QED) is 0.788. The van der Waals surface area contributed by atoms with Gasteiger partial charge in [-0.25, -0.2) is 0 Å². The van der Waals surface area contributed by atoms with E-state index in [9.17, 15) is 13.2 Å². The van der Waals surface area contributed by atoms with Gasteiger partial charge < -0.3 is 5.11 Å². The highest BCUT2D eigenvalue weighted by Gasteiger charge is 2.33. The van der Waals surface area contributed by atoms with Gasteiger partial charge in [-0.1, -0.05) is 27.8 Å². The summed E-state index contributed by atoms with van der Waals surface area (Å²) < 4.78 is 38.2. The summed E-state index contributed by atoms with van der Waals surface area (Å²) in [4.78, 5) is 0. The molecule has 0 radical (unpaired) electrons. The first kappa shape index (κ1) is 13.1. The van der Waals surface area contributed by atoms with E-state index in [4.69, 9.17) is 5.11 Å². The third-order valence-corrected chi connectivity index (χ3v) is 2.24.